The molecule has 0 bridgehead atoms. The van der Waals surface area contributed by atoms with Crippen LogP contribution in [0.4, 0.5) is 0 Å². The van der Waals surface area contributed by atoms with Crippen molar-refractivity contribution in [2.45, 2.75) is 51.1 Å². The highest BCUT2D eigenvalue weighted by Gasteiger charge is 2.34. The van der Waals surface area contributed by atoms with E-state index in [-0.39, 0.29) is 17.9 Å². The fourth-order valence-electron chi connectivity index (χ4n) is 4.07. The first-order valence-corrected chi connectivity index (χ1v) is 9.62. The van der Waals surface area contributed by atoms with E-state index in [9.17, 15) is 9.59 Å². The third-order valence-corrected chi connectivity index (χ3v) is 5.63. The molecule has 0 N–H and O–H groups in total. The largest absolute Gasteiger partial charge is 0.341 e. The van der Waals surface area contributed by atoms with Gasteiger partial charge in [-0.15, -0.1) is 0 Å². The standard InChI is InChI=1S/C19H31N5O2/c1-14(24-9-5-6-18(24)25)19(26)23-10-7-15(8-11-23)17-12-16(13-21(2)3)22(4)20-17/h12,14-15H,5-11,13H2,1-4H3. The molecule has 3 rings (SSSR count). The van der Waals surface area contributed by atoms with Crippen molar-refractivity contribution in [1.82, 2.24) is 24.5 Å². The second-order valence-corrected chi connectivity index (χ2v) is 7.89. The van der Waals surface area contributed by atoms with Crippen LogP contribution < -0.4 is 0 Å². The van der Waals surface area contributed by atoms with E-state index in [0.29, 0.717) is 18.9 Å². The number of piperidine rings is 1. The van der Waals surface area contributed by atoms with Crippen molar-refractivity contribution in [3.05, 3.63) is 17.5 Å². The molecule has 2 fully saturated rings. The number of amides is 2. The van der Waals surface area contributed by atoms with Crippen molar-refractivity contribution in [2.24, 2.45) is 7.05 Å². The predicted molar refractivity (Wildman–Crippen MR) is 99.6 cm³/mol. The minimum atomic E-state index is -0.330. The highest BCUT2D eigenvalue weighted by Crippen LogP contribution is 2.28. The van der Waals surface area contributed by atoms with Crippen LogP contribution in [0.15, 0.2) is 6.07 Å². The van der Waals surface area contributed by atoms with Crippen molar-refractivity contribution in [3.8, 4) is 0 Å². The Labute approximate surface area is 155 Å². The number of carbonyl (C=O) groups is 2. The van der Waals surface area contributed by atoms with Crippen LogP contribution in [-0.2, 0) is 23.2 Å². The van der Waals surface area contributed by atoms with Crippen LogP contribution in [0.25, 0.3) is 0 Å². The van der Waals surface area contributed by atoms with Crippen molar-refractivity contribution in [2.75, 3.05) is 33.7 Å². The van der Waals surface area contributed by atoms with Gasteiger partial charge in [0.15, 0.2) is 0 Å². The van der Waals surface area contributed by atoms with E-state index in [2.05, 4.69) is 25.1 Å². The molecule has 144 valence electrons. The summed E-state index contributed by atoms with van der Waals surface area (Å²) in [5.41, 5.74) is 2.35. The van der Waals surface area contributed by atoms with Gasteiger partial charge in [-0.1, -0.05) is 0 Å². The molecule has 3 heterocycles. The number of rotatable bonds is 5. The molecule has 1 atom stereocenters. The van der Waals surface area contributed by atoms with Crippen molar-refractivity contribution in [1.29, 1.82) is 0 Å². The first-order valence-electron chi connectivity index (χ1n) is 9.62. The molecule has 0 aromatic carbocycles. The summed E-state index contributed by atoms with van der Waals surface area (Å²) >= 11 is 0. The smallest absolute Gasteiger partial charge is 0.245 e. The molecule has 1 aromatic rings. The Morgan fingerprint density at radius 3 is 2.58 bits per heavy atom. The number of likely N-dealkylation sites (tertiary alicyclic amines) is 2. The lowest BCUT2D eigenvalue weighted by molar-refractivity contribution is -0.143. The van der Waals surface area contributed by atoms with Crippen molar-refractivity contribution in [3.63, 3.8) is 0 Å². The van der Waals surface area contributed by atoms with E-state index in [1.165, 1.54) is 5.69 Å². The van der Waals surface area contributed by atoms with Gasteiger partial charge in [0.05, 0.1) is 11.4 Å². The second-order valence-electron chi connectivity index (χ2n) is 7.89. The van der Waals surface area contributed by atoms with E-state index in [1.54, 1.807) is 4.90 Å². The number of carbonyl (C=O) groups excluding carboxylic acids is 2. The SMILES string of the molecule is CC(C(=O)N1CCC(c2cc(CN(C)C)n(C)n2)CC1)N1CCCC1=O. The molecule has 0 aliphatic carbocycles. The van der Waals surface area contributed by atoms with Crippen LogP contribution in [0.5, 0.6) is 0 Å². The monoisotopic (exact) mass is 361 g/mol. The summed E-state index contributed by atoms with van der Waals surface area (Å²) < 4.78 is 1.97. The van der Waals surface area contributed by atoms with Crippen molar-refractivity contribution >= 4 is 11.8 Å². The zero-order chi connectivity index (χ0) is 18.8. The van der Waals surface area contributed by atoms with E-state index in [4.69, 9.17) is 5.10 Å². The molecule has 0 spiro atoms. The van der Waals surface area contributed by atoms with Gasteiger partial charge in [-0.25, -0.2) is 0 Å². The lowest BCUT2D eigenvalue weighted by Crippen LogP contribution is -2.49. The zero-order valence-corrected chi connectivity index (χ0v) is 16.4. The minimum Gasteiger partial charge on any atom is -0.341 e. The van der Waals surface area contributed by atoms with Gasteiger partial charge >= 0.3 is 0 Å². The first-order chi connectivity index (χ1) is 12.4. The lowest BCUT2D eigenvalue weighted by Gasteiger charge is -2.35. The fourth-order valence-corrected chi connectivity index (χ4v) is 4.07. The molecule has 2 amide bonds. The number of nitrogens with zero attached hydrogens (tertiary/aromatic N) is 5. The molecule has 0 saturated carbocycles. The van der Waals surface area contributed by atoms with Crippen LogP contribution in [0.2, 0.25) is 0 Å². The fraction of sp³-hybridized carbons (Fsp3) is 0.737. The number of aromatic nitrogens is 2. The quantitative estimate of drug-likeness (QED) is 0.791. The number of hydrogen-bond donors (Lipinski definition) is 0. The molecule has 7 heteroatoms. The summed E-state index contributed by atoms with van der Waals surface area (Å²) in [7, 11) is 6.11. The number of aryl methyl sites for hydroxylation is 1. The van der Waals surface area contributed by atoms with E-state index >= 15 is 0 Å². The zero-order valence-electron chi connectivity index (χ0n) is 16.4. The van der Waals surface area contributed by atoms with Crippen LogP contribution >= 0.6 is 0 Å². The van der Waals surface area contributed by atoms with Gasteiger partial charge in [0.2, 0.25) is 11.8 Å². The maximum atomic E-state index is 12.8. The molecule has 1 aromatic heterocycles. The Bertz CT molecular complexity index is 661. The maximum absolute atomic E-state index is 12.8. The van der Waals surface area contributed by atoms with Crippen molar-refractivity contribution < 1.29 is 9.59 Å². The van der Waals surface area contributed by atoms with Gasteiger partial charge in [0.1, 0.15) is 6.04 Å². The van der Waals surface area contributed by atoms with Gasteiger partial charge < -0.3 is 14.7 Å². The Morgan fingerprint density at radius 2 is 2.00 bits per heavy atom. The van der Waals surface area contributed by atoms with Crippen LogP contribution in [0.3, 0.4) is 0 Å². The third-order valence-electron chi connectivity index (χ3n) is 5.63. The van der Waals surface area contributed by atoms with E-state index in [1.807, 2.05) is 23.6 Å². The summed E-state index contributed by atoms with van der Waals surface area (Å²) in [5.74, 6) is 0.612. The Morgan fingerprint density at radius 1 is 1.31 bits per heavy atom. The summed E-state index contributed by atoms with van der Waals surface area (Å²) in [5, 5.41) is 4.70. The Balaban J connectivity index is 1.57. The number of hydrogen-bond acceptors (Lipinski definition) is 4. The van der Waals surface area contributed by atoms with Crippen LogP contribution in [-0.4, -0.2) is 76.1 Å². The maximum Gasteiger partial charge on any atom is 0.245 e. The third kappa shape index (κ3) is 3.92. The molecule has 2 saturated heterocycles. The molecule has 2 aliphatic rings. The molecule has 0 radical (unpaired) electrons. The van der Waals surface area contributed by atoms with Gasteiger partial charge in [-0.2, -0.15) is 5.10 Å². The van der Waals surface area contributed by atoms with Gasteiger partial charge in [0.25, 0.3) is 0 Å². The molecular weight excluding hydrogens is 330 g/mol. The van der Waals surface area contributed by atoms with Crippen LogP contribution in [0.1, 0.15) is 49.9 Å². The summed E-state index contributed by atoms with van der Waals surface area (Å²) in [6.45, 7) is 4.95. The van der Waals surface area contributed by atoms with Gasteiger partial charge in [-0.3, -0.25) is 14.3 Å². The summed E-state index contributed by atoms with van der Waals surface area (Å²) in [6.07, 6.45) is 3.32. The molecular formula is C19H31N5O2. The molecule has 2 aliphatic heterocycles. The average molecular weight is 361 g/mol. The van der Waals surface area contributed by atoms with Gasteiger partial charge in [0, 0.05) is 45.6 Å². The Hall–Kier alpha value is -1.89. The Kier molecular flexibility index (Phi) is 5.65. The highest BCUT2D eigenvalue weighted by molar-refractivity contribution is 5.88. The summed E-state index contributed by atoms with van der Waals surface area (Å²) in [4.78, 5) is 30.5. The average Bonchev–Trinajstić information content (AvgIpc) is 3.19. The molecule has 26 heavy (non-hydrogen) atoms. The first kappa shape index (κ1) is 18.9. The lowest BCUT2D eigenvalue weighted by atomic mass is 9.93. The topological polar surface area (TPSA) is 61.7 Å². The highest BCUT2D eigenvalue weighted by atomic mass is 16.2. The van der Waals surface area contributed by atoms with E-state index in [0.717, 1.165) is 44.6 Å². The summed E-state index contributed by atoms with van der Waals surface area (Å²) in [6, 6.07) is 1.87. The second kappa shape index (κ2) is 7.78. The van der Waals surface area contributed by atoms with E-state index < -0.39 is 0 Å². The van der Waals surface area contributed by atoms with Crippen LogP contribution in [0, 0.1) is 0 Å². The molecule has 7 nitrogen and oxygen atoms in total. The minimum absolute atomic E-state index is 0.0908. The normalized spacial score (nSPS) is 20.3. The predicted octanol–water partition coefficient (Wildman–Crippen LogP) is 1.20. The van der Waals surface area contributed by atoms with Gasteiger partial charge in [-0.05, 0) is 46.3 Å². The molecule has 1 unspecified atom stereocenters.